The second-order valence-corrected chi connectivity index (χ2v) is 6.58. The number of hydrogen-bond donors (Lipinski definition) is 0. The number of methoxy groups -OCH3 is 2. The predicted octanol–water partition coefficient (Wildman–Crippen LogP) is 4.90. The number of fused-ring (bicyclic) bond motifs is 2. The molecule has 0 spiro atoms. The van der Waals surface area contributed by atoms with Crippen LogP contribution in [0.25, 0.3) is 21.8 Å². The Kier molecular flexibility index (Phi) is 5.70. The third-order valence-corrected chi connectivity index (χ3v) is 5.15. The number of rotatable bonds is 5. The number of aromatic nitrogens is 4. The molecular formula is C21H23ClN4O2. The van der Waals surface area contributed by atoms with Crippen molar-refractivity contribution in [2.45, 2.75) is 27.3 Å². The van der Waals surface area contributed by atoms with Crippen LogP contribution in [-0.2, 0) is 13.0 Å². The Morgan fingerprint density at radius 2 is 1.71 bits per heavy atom. The SMILES string of the molecule is C.CCn1ncc2c(Cl)c(Cc3cncc4cc(OC)c(OC)cc34)cnc21. The van der Waals surface area contributed by atoms with Crippen LogP contribution in [0.3, 0.4) is 0 Å². The molecule has 1 aromatic carbocycles. The van der Waals surface area contributed by atoms with E-state index in [0.29, 0.717) is 22.9 Å². The van der Waals surface area contributed by atoms with Gasteiger partial charge in [0, 0.05) is 36.9 Å². The second kappa shape index (κ2) is 8.02. The molecule has 0 unspecified atom stereocenters. The minimum absolute atomic E-state index is 0. The Morgan fingerprint density at radius 1 is 0.964 bits per heavy atom. The van der Waals surface area contributed by atoms with Crippen molar-refractivity contribution in [3.63, 3.8) is 0 Å². The summed E-state index contributed by atoms with van der Waals surface area (Å²) < 4.78 is 12.7. The van der Waals surface area contributed by atoms with E-state index in [-0.39, 0.29) is 7.43 Å². The van der Waals surface area contributed by atoms with Gasteiger partial charge in [-0.25, -0.2) is 9.67 Å². The quantitative estimate of drug-likeness (QED) is 0.478. The van der Waals surface area contributed by atoms with E-state index in [4.69, 9.17) is 21.1 Å². The Hall–Kier alpha value is -2.86. The largest absolute Gasteiger partial charge is 0.493 e. The monoisotopic (exact) mass is 398 g/mol. The van der Waals surface area contributed by atoms with Gasteiger partial charge in [-0.1, -0.05) is 19.0 Å². The van der Waals surface area contributed by atoms with E-state index in [1.165, 1.54) is 0 Å². The van der Waals surface area contributed by atoms with E-state index in [1.54, 1.807) is 20.4 Å². The zero-order valence-electron chi connectivity index (χ0n) is 15.4. The van der Waals surface area contributed by atoms with Crippen molar-refractivity contribution in [1.82, 2.24) is 19.7 Å². The molecule has 0 aliphatic heterocycles. The Bertz CT molecular complexity index is 1140. The number of nitrogens with zero attached hydrogens (tertiary/aromatic N) is 4. The van der Waals surface area contributed by atoms with Gasteiger partial charge in [0.2, 0.25) is 0 Å². The molecule has 0 saturated carbocycles. The minimum atomic E-state index is 0. The van der Waals surface area contributed by atoms with Crippen molar-refractivity contribution in [1.29, 1.82) is 0 Å². The van der Waals surface area contributed by atoms with Crippen LogP contribution in [0.15, 0.2) is 36.9 Å². The van der Waals surface area contributed by atoms with Gasteiger partial charge in [-0.15, -0.1) is 0 Å². The molecule has 0 atom stereocenters. The van der Waals surface area contributed by atoms with E-state index < -0.39 is 0 Å². The fraction of sp³-hybridized carbons (Fsp3) is 0.286. The first-order valence-electron chi connectivity index (χ1n) is 8.63. The van der Waals surface area contributed by atoms with Crippen molar-refractivity contribution in [2.24, 2.45) is 0 Å². The highest BCUT2D eigenvalue weighted by atomic mass is 35.5. The Morgan fingerprint density at radius 3 is 2.43 bits per heavy atom. The molecule has 3 heterocycles. The summed E-state index contributed by atoms with van der Waals surface area (Å²) in [5, 5.41) is 7.91. The fourth-order valence-electron chi connectivity index (χ4n) is 3.30. The number of aryl methyl sites for hydroxylation is 1. The molecule has 0 saturated heterocycles. The van der Waals surface area contributed by atoms with Crippen LogP contribution in [0.1, 0.15) is 25.5 Å². The summed E-state index contributed by atoms with van der Waals surface area (Å²) >= 11 is 6.66. The molecule has 28 heavy (non-hydrogen) atoms. The first-order chi connectivity index (χ1) is 13.2. The lowest BCUT2D eigenvalue weighted by Crippen LogP contribution is -1.99. The van der Waals surface area contributed by atoms with Crippen molar-refractivity contribution < 1.29 is 9.47 Å². The first kappa shape index (κ1) is 19.9. The van der Waals surface area contributed by atoms with Gasteiger partial charge in [0.15, 0.2) is 17.1 Å². The number of halogens is 1. The molecule has 4 aromatic rings. The van der Waals surface area contributed by atoms with E-state index >= 15 is 0 Å². The average Bonchev–Trinajstić information content (AvgIpc) is 3.13. The van der Waals surface area contributed by atoms with Gasteiger partial charge in [0.1, 0.15) is 0 Å². The molecule has 6 nitrogen and oxygen atoms in total. The molecule has 0 bridgehead atoms. The number of pyridine rings is 2. The van der Waals surface area contributed by atoms with Gasteiger partial charge in [-0.05, 0) is 35.6 Å². The lowest BCUT2D eigenvalue weighted by Gasteiger charge is -2.12. The third kappa shape index (κ3) is 3.24. The fourth-order valence-corrected chi connectivity index (χ4v) is 3.54. The highest BCUT2D eigenvalue weighted by Crippen LogP contribution is 2.35. The van der Waals surface area contributed by atoms with Crippen LogP contribution in [0, 0.1) is 0 Å². The van der Waals surface area contributed by atoms with Gasteiger partial charge in [-0.2, -0.15) is 5.10 Å². The predicted molar refractivity (Wildman–Crippen MR) is 113 cm³/mol. The molecule has 4 rings (SSSR count). The van der Waals surface area contributed by atoms with E-state index in [9.17, 15) is 0 Å². The average molecular weight is 399 g/mol. The van der Waals surface area contributed by atoms with Gasteiger partial charge >= 0.3 is 0 Å². The zero-order chi connectivity index (χ0) is 19.0. The van der Waals surface area contributed by atoms with Crippen LogP contribution in [0.5, 0.6) is 11.5 Å². The van der Waals surface area contributed by atoms with Crippen molar-refractivity contribution in [3.8, 4) is 11.5 Å². The summed E-state index contributed by atoms with van der Waals surface area (Å²) in [5.74, 6) is 1.36. The summed E-state index contributed by atoms with van der Waals surface area (Å²) in [6, 6.07) is 3.90. The van der Waals surface area contributed by atoms with Crippen LogP contribution in [0.2, 0.25) is 5.02 Å². The summed E-state index contributed by atoms with van der Waals surface area (Å²) in [6.07, 6.45) is 7.86. The smallest absolute Gasteiger partial charge is 0.161 e. The highest BCUT2D eigenvalue weighted by molar-refractivity contribution is 6.36. The maximum atomic E-state index is 6.66. The van der Waals surface area contributed by atoms with Crippen molar-refractivity contribution >= 4 is 33.4 Å². The van der Waals surface area contributed by atoms with E-state index in [0.717, 1.165) is 39.5 Å². The molecule has 0 aliphatic carbocycles. The Balaban J connectivity index is 0.00000225. The van der Waals surface area contributed by atoms with Crippen molar-refractivity contribution in [2.75, 3.05) is 14.2 Å². The molecule has 0 aliphatic rings. The van der Waals surface area contributed by atoms with E-state index in [2.05, 4.69) is 15.1 Å². The maximum absolute atomic E-state index is 6.66. The molecule has 3 aromatic heterocycles. The maximum Gasteiger partial charge on any atom is 0.161 e. The van der Waals surface area contributed by atoms with Crippen molar-refractivity contribution in [3.05, 3.63) is 53.1 Å². The molecule has 0 amide bonds. The summed E-state index contributed by atoms with van der Waals surface area (Å²) in [6.45, 7) is 2.78. The Labute approximate surface area is 169 Å². The van der Waals surface area contributed by atoms with Crippen LogP contribution in [-0.4, -0.2) is 34.0 Å². The number of ether oxygens (including phenoxy) is 2. The summed E-state index contributed by atoms with van der Waals surface area (Å²) in [7, 11) is 3.25. The zero-order valence-corrected chi connectivity index (χ0v) is 16.1. The summed E-state index contributed by atoms with van der Waals surface area (Å²) in [4.78, 5) is 8.93. The standard InChI is InChI=1S/C20H19ClN4O2.CH4/c1-4-25-20-16(11-24-25)19(21)14(10-23-20)5-12-8-22-9-13-6-17(26-2)18(27-3)7-15(12)13;/h6-11H,4-5H2,1-3H3;1H4. The number of benzene rings is 1. The van der Waals surface area contributed by atoms with Gasteiger partial charge in [0.25, 0.3) is 0 Å². The third-order valence-electron chi connectivity index (χ3n) is 4.70. The normalized spacial score (nSPS) is 10.9. The molecule has 0 fully saturated rings. The lowest BCUT2D eigenvalue weighted by molar-refractivity contribution is 0.356. The lowest BCUT2D eigenvalue weighted by atomic mass is 10.0. The second-order valence-electron chi connectivity index (χ2n) is 6.20. The van der Waals surface area contributed by atoms with Gasteiger partial charge in [0.05, 0.1) is 30.8 Å². The summed E-state index contributed by atoms with van der Waals surface area (Å²) in [5.41, 5.74) is 2.77. The first-order valence-corrected chi connectivity index (χ1v) is 9.01. The number of hydrogen-bond acceptors (Lipinski definition) is 5. The van der Waals surface area contributed by atoms with Gasteiger partial charge in [-0.3, -0.25) is 4.98 Å². The highest BCUT2D eigenvalue weighted by Gasteiger charge is 2.14. The van der Waals surface area contributed by atoms with Crippen LogP contribution >= 0.6 is 11.6 Å². The molecule has 0 radical (unpaired) electrons. The minimum Gasteiger partial charge on any atom is -0.493 e. The molecule has 146 valence electrons. The van der Waals surface area contributed by atoms with Crippen LogP contribution < -0.4 is 9.47 Å². The molecule has 7 heteroatoms. The van der Waals surface area contributed by atoms with E-state index in [1.807, 2.05) is 42.3 Å². The van der Waals surface area contributed by atoms with Gasteiger partial charge < -0.3 is 9.47 Å². The van der Waals surface area contributed by atoms with Crippen LogP contribution in [0.4, 0.5) is 0 Å². The molecular weight excluding hydrogens is 376 g/mol. The topological polar surface area (TPSA) is 62.1 Å². The molecule has 0 N–H and O–H groups in total.